The summed E-state index contributed by atoms with van der Waals surface area (Å²) in [5.74, 6) is 2.14. The van der Waals surface area contributed by atoms with Crippen LogP contribution in [0.1, 0.15) is 25.5 Å². The first kappa shape index (κ1) is 14.8. The first-order valence-corrected chi connectivity index (χ1v) is 8.03. The van der Waals surface area contributed by atoms with Crippen molar-refractivity contribution in [3.05, 3.63) is 42.2 Å². The topological polar surface area (TPSA) is 46.9 Å². The van der Waals surface area contributed by atoms with Crippen molar-refractivity contribution in [2.24, 2.45) is 11.8 Å². The van der Waals surface area contributed by atoms with Gasteiger partial charge in [-0.15, -0.1) is 0 Å². The van der Waals surface area contributed by atoms with Crippen LogP contribution in [0.15, 0.2) is 36.5 Å². The van der Waals surface area contributed by atoms with E-state index in [1.54, 1.807) is 0 Å². The molecule has 0 radical (unpaired) electrons. The van der Waals surface area contributed by atoms with E-state index in [0.29, 0.717) is 18.3 Å². The summed E-state index contributed by atoms with van der Waals surface area (Å²) >= 11 is 0. The Morgan fingerprint density at radius 2 is 2.14 bits per heavy atom. The molecule has 1 aromatic heterocycles. The van der Waals surface area contributed by atoms with Crippen LogP contribution < -0.4 is 5.32 Å². The van der Waals surface area contributed by atoms with E-state index in [1.807, 2.05) is 24.4 Å². The Morgan fingerprint density at radius 1 is 1.36 bits per heavy atom. The number of carbonyl (C=O) groups excluding carboxylic acids is 1. The summed E-state index contributed by atoms with van der Waals surface area (Å²) in [6.07, 6.45) is 3.67. The zero-order chi connectivity index (χ0) is 15.5. The molecule has 0 bridgehead atoms. The third-order valence-electron chi connectivity index (χ3n) is 4.70. The van der Waals surface area contributed by atoms with Gasteiger partial charge in [0.25, 0.3) is 0 Å². The lowest BCUT2D eigenvalue weighted by atomic mass is 9.89. The minimum Gasteiger partial charge on any atom is -0.356 e. The molecule has 1 fully saturated rings. The van der Waals surface area contributed by atoms with E-state index in [1.165, 1.54) is 5.69 Å². The van der Waals surface area contributed by atoms with Crippen LogP contribution in [-0.2, 0) is 11.3 Å². The van der Waals surface area contributed by atoms with Crippen molar-refractivity contribution in [1.82, 2.24) is 14.9 Å². The van der Waals surface area contributed by atoms with E-state index in [2.05, 4.69) is 40.8 Å². The van der Waals surface area contributed by atoms with Gasteiger partial charge in [-0.25, -0.2) is 4.98 Å². The van der Waals surface area contributed by atoms with Gasteiger partial charge in [0.2, 0.25) is 5.91 Å². The monoisotopic (exact) mass is 297 g/mol. The molecular formula is C18H23N3O. The van der Waals surface area contributed by atoms with E-state index < -0.39 is 0 Å². The molecule has 1 aromatic carbocycles. The van der Waals surface area contributed by atoms with E-state index in [0.717, 1.165) is 30.9 Å². The first-order chi connectivity index (χ1) is 10.7. The molecule has 1 aliphatic heterocycles. The van der Waals surface area contributed by atoms with E-state index in [4.69, 9.17) is 0 Å². The maximum absolute atomic E-state index is 11.5. The van der Waals surface area contributed by atoms with E-state index >= 15 is 0 Å². The summed E-state index contributed by atoms with van der Waals surface area (Å²) in [6, 6.07) is 10.3. The van der Waals surface area contributed by atoms with Crippen LogP contribution >= 0.6 is 0 Å². The third-order valence-corrected chi connectivity index (χ3v) is 4.70. The van der Waals surface area contributed by atoms with Gasteiger partial charge < -0.3 is 9.88 Å². The highest BCUT2D eigenvalue weighted by Crippen LogP contribution is 2.27. The normalized spacial score (nSPS) is 19.2. The number of hydrogen-bond acceptors (Lipinski definition) is 2. The molecule has 2 unspecified atom stereocenters. The number of aromatic nitrogens is 2. The van der Waals surface area contributed by atoms with Crippen molar-refractivity contribution < 1.29 is 4.79 Å². The summed E-state index contributed by atoms with van der Waals surface area (Å²) in [4.78, 5) is 16.1. The van der Waals surface area contributed by atoms with Gasteiger partial charge in [0.1, 0.15) is 5.82 Å². The van der Waals surface area contributed by atoms with Gasteiger partial charge in [-0.2, -0.15) is 0 Å². The predicted molar refractivity (Wildman–Crippen MR) is 87.3 cm³/mol. The molecule has 1 saturated heterocycles. The largest absolute Gasteiger partial charge is 0.356 e. The van der Waals surface area contributed by atoms with Gasteiger partial charge in [0.15, 0.2) is 0 Å². The Hall–Kier alpha value is -2.10. The predicted octanol–water partition coefficient (Wildman–Crippen LogP) is 3.02. The molecular weight excluding hydrogens is 274 g/mol. The summed E-state index contributed by atoms with van der Waals surface area (Å²) in [6.45, 7) is 6.05. The number of nitrogens with one attached hydrogen (secondary N) is 1. The van der Waals surface area contributed by atoms with Crippen LogP contribution in [-0.4, -0.2) is 22.0 Å². The van der Waals surface area contributed by atoms with Crippen LogP contribution in [0.2, 0.25) is 0 Å². The smallest absolute Gasteiger partial charge is 0.220 e. The lowest BCUT2D eigenvalue weighted by Crippen LogP contribution is -2.23. The highest BCUT2D eigenvalue weighted by molar-refractivity contribution is 5.78. The Morgan fingerprint density at radius 3 is 2.77 bits per heavy atom. The standard InChI is InChI=1S/C18H23N3O/c1-3-14(16-9-17(22)19-11-16)12-21-13(2)10-20-18(21)15-7-5-4-6-8-15/h4-8,10,14,16H,3,9,11-12H2,1-2H3,(H,19,22). The zero-order valence-corrected chi connectivity index (χ0v) is 13.2. The first-order valence-electron chi connectivity index (χ1n) is 8.03. The van der Waals surface area contributed by atoms with E-state index in [-0.39, 0.29) is 5.91 Å². The number of aryl methyl sites for hydroxylation is 1. The highest BCUT2D eigenvalue weighted by atomic mass is 16.1. The minimum absolute atomic E-state index is 0.189. The molecule has 4 nitrogen and oxygen atoms in total. The van der Waals surface area contributed by atoms with Gasteiger partial charge in [0.05, 0.1) is 0 Å². The van der Waals surface area contributed by atoms with Crippen LogP contribution in [0.5, 0.6) is 0 Å². The summed E-state index contributed by atoms with van der Waals surface area (Å²) < 4.78 is 2.30. The van der Waals surface area contributed by atoms with E-state index in [9.17, 15) is 4.79 Å². The number of rotatable bonds is 5. The van der Waals surface area contributed by atoms with Gasteiger partial charge in [-0.3, -0.25) is 4.79 Å². The maximum atomic E-state index is 11.5. The zero-order valence-electron chi connectivity index (χ0n) is 13.2. The fraction of sp³-hybridized carbons (Fsp3) is 0.444. The van der Waals surface area contributed by atoms with Crippen LogP contribution in [0.25, 0.3) is 11.4 Å². The molecule has 3 rings (SSSR count). The van der Waals surface area contributed by atoms with Gasteiger partial charge in [-0.1, -0.05) is 43.7 Å². The molecule has 1 aliphatic rings. The molecule has 2 heterocycles. The fourth-order valence-corrected chi connectivity index (χ4v) is 3.32. The van der Waals surface area contributed by atoms with Crippen LogP contribution in [0.3, 0.4) is 0 Å². The van der Waals surface area contributed by atoms with Crippen molar-refractivity contribution in [1.29, 1.82) is 0 Å². The minimum atomic E-state index is 0.189. The third kappa shape index (κ3) is 2.91. The number of imidazole rings is 1. The quantitative estimate of drug-likeness (QED) is 0.922. The molecule has 0 aliphatic carbocycles. The molecule has 116 valence electrons. The average molecular weight is 297 g/mol. The summed E-state index contributed by atoms with van der Waals surface area (Å²) in [5.41, 5.74) is 2.32. The maximum Gasteiger partial charge on any atom is 0.220 e. The molecule has 2 atom stereocenters. The average Bonchev–Trinajstić information content (AvgIpc) is 3.12. The summed E-state index contributed by atoms with van der Waals surface area (Å²) in [7, 11) is 0. The van der Waals surface area contributed by atoms with Crippen molar-refractivity contribution in [2.75, 3.05) is 6.54 Å². The van der Waals surface area contributed by atoms with Crippen LogP contribution in [0, 0.1) is 18.8 Å². The number of amides is 1. The number of benzene rings is 1. The Labute approximate surface area is 131 Å². The van der Waals surface area contributed by atoms with Gasteiger partial charge >= 0.3 is 0 Å². The second-order valence-corrected chi connectivity index (χ2v) is 6.14. The van der Waals surface area contributed by atoms with Crippen LogP contribution in [0.4, 0.5) is 0 Å². The summed E-state index contributed by atoms with van der Waals surface area (Å²) in [5, 5.41) is 2.96. The molecule has 1 N–H and O–H groups in total. The SMILES string of the molecule is CCC(Cn1c(C)cnc1-c1ccccc1)C1CNC(=O)C1. The van der Waals surface area contributed by atoms with Gasteiger partial charge in [0, 0.05) is 37.0 Å². The molecule has 0 spiro atoms. The fourth-order valence-electron chi connectivity index (χ4n) is 3.32. The van der Waals surface area contributed by atoms with Crippen molar-refractivity contribution >= 4 is 5.91 Å². The van der Waals surface area contributed by atoms with Crippen molar-refractivity contribution in [3.63, 3.8) is 0 Å². The molecule has 0 saturated carbocycles. The number of nitrogens with zero attached hydrogens (tertiary/aromatic N) is 2. The second kappa shape index (κ2) is 6.34. The molecule has 1 amide bonds. The lowest BCUT2D eigenvalue weighted by molar-refractivity contribution is -0.119. The molecule has 4 heteroatoms. The van der Waals surface area contributed by atoms with Gasteiger partial charge in [-0.05, 0) is 18.8 Å². The number of carbonyl (C=O) groups is 1. The molecule has 22 heavy (non-hydrogen) atoms. The Bertz CT molecular complexity index is 648. The number of hydrogen-bond donors (Lipinski definition) is 1. The Balaban J connectivity index is 1.85. The highest BCUT2D eigenvalue weighted by Gasteiger charge is 2.29. The van der Waals surface area contributed by atoms with Crippen molar-refractivity contribution in [3.8, 4) is 11.4 Å². The lowest BCUT2D eigenvalue weighted by Gasteiger charge is -2.23. The Kier molecular flexibility index (Phi) is 4.27. The second-order valence-electron chi connectivity index (χ2n) is 6.14. The van der Waals surface area contributed by atoms with Crippen molar-refractivity contribution in [2.45, 2.75) is 33.2 Å². The molecule has 2 aromatic rings.